The number of amides is 1. The standard InChI is InChI=1S/C20H27N3O3/c1-20(2,3)26-19(24)23-12-7-6-8-15(23)11-13-25-18-14-21-16-9-4-5-10-17(16)22-18/h4-5,9-10,14-15H,6-8,11-13H2,1-3H3/t15-/m1/s1. The van der Waals surface area contributed by atoms with Crippen molar-refractivity contribution < 1.29 is 14.3 Å². The number of ether oxygens (including phenoxy) is 2. The van der Waals surface area contributed by atoms with Crippen molar-refractivity contribution in [2.45, 2.75) is 58.1 Å². The Morgan fingerprint density at radius 3 is 2.77 bits per heavy atom. The highest BCUT2D eigenvalue weighted by atomic mass is 16.6. The quantitative estimate of drug-likeness (QED) is 0.821. The molecule has 0 radical (unpaired) electrons. The van der Waals surface area contributed by atoms with Crippen molar-refractivity contribution in [2.75, 3.05) is 13.2 Å². The predicted octanol–water partition coefficient (Wildman–Crippen LogP) is 4.19. The molecule has 0 aliphatic carbocycles. The molecule has 6 nitrogen and oxygen atoms in total. The molecule has 6 heteroatoms. The molecule has 1 amide bonds. The Bertz CT molecular complexity index is 757. The van der Waals surface area contributed by atoms with Crippen LogP contribution in [-0.4, -0.2) is 45.8 Å². The van der Waals surface area contributed by atoms with Crippen molar-refractivity contribution in [1.82, 2.24) is 14.9 Å². The highest BCUT2D eigenvalue weighted by molar-refractivity contribution is 5.73. The lowest BCUT2D eigenvalue weighted by atomic mass is 10.0. The summed E-state index contributed by atoms with van der Waals surface area (Å²) in [7, 11) is 0. The molecule has 1 aliphatic rings. The number of likely N-dealkylation sites (tertiary alicyclic amines) is 1. The van der Waals surface area contributed by atoms with Gasteiger partial charge in [0.05, 0.1) is 23.8 Å². The Balaban J connectivity index is 1.57. The number of fused-ring (bicyclic) bond motifs is 1. The lowest BCUT2D eigenvalue weighted by Crippen LogP contribution is -2.46. The fourth-order valence-electron chi connectivity index (χ4n) is 3.17. The fourth-order valence-corrected chi connectivity index (χ4v) is 3.17. The first-order valence-corrected chi connectivity index (χ1v) is 9.26. The van der Waals surface area contributed by atoms with E-state index in [9.17, 15) is 4.79 Å². The number of carbonyl (C=O) groups is 1. The van der Waals surface area contributed by atoms with E-state index in [1.165, 1.54) is 0 Å². The Labute approximate surface area is 154 Å². The van der Waals surface area contributed by atoms with E-state index in [4.69, 9.17) is 9.47 Å². The molecule has 2 aromatic rings. The minimum atomic E-state index is -0.476. The molecular formula is C20H27N3O3. The van der Waals surface area contributed by atoms with Gasteiger partial charge in [-0.2, -0.15) is 0 Å². The Kier molecular flexibility index (Phi) is 5.59. The molecule has 0 saturated carbocycles. The number of hydrogen-bond acceptors (Lipinski definition) is 5. The van der Waals surface area contributed by atoms with Gasteiger partial charge in [-0.3, -0.25) is 0 Å². The second-order valence-corrected chi connectivity index (χ2v) is 7.66. The SMILES string of the molecule is CC(C)(C)OC(=O)N1CCCC[C@@H]1CCOc1cnc2ccccc2n1. The summed E-state index contributed by atoms with van der Waals surface area (Å²) < 4.78 is 11.3. The highest BCUT2D eigenvalue weighted by Crippen LogP contribution is 2.23. The van der Waals surface area contributed by atoms with Crippen LogP contribution in [-0.2, 0) is 4.74 Å². The largest absolute Gasteiger partial charge is 0.476 e. The van der Waals surface area contributed by atoms with Crippen LogP contribution in [0.2, 0.25) is 0 Å². The normalized spacial score (nSPS) is 18.0. The molecule has 1 aromatic heterocycles. The van der Waals surface area contributed by atoms with Crippen LogP contribution < -0.4 is 4.74 Å². The van der Waals surface area contributed by atoms with Crippen LogP contribution in [0.15, 0.2) is 30.5 Å². The number of hydrogen-bond donors (Lipinski definition) is 0. The minimum absolute atomic E-state index is 0.145. The first kappa shape index (κ1) is 18.4. The van der Waals surface area contributed by atoms with Crippen molar-refractivity contribution in [1.29, 1.82) is 0 Å². The number of benzene rings is 1. The maximum absolute atomic E-state index is 12.4. The zero-order valence-corrected chi connectivity index (χ0v) is 15.8. The Morgan fingerprint density at radius 2 is 2.00 bits per heavy atom. The van der Waals surface area contributed by atoms with Crippen LogP contribution in [0.4, 0.5) is 4.79 Å². The van der Waals surface area contributed by atoms with Gasteiger partial charge in [-0.1, -0.05) is 12.1 Å². The monoisotopic (exact) mass is 357 g/mol. The van der Waals surface area contributed by atoms with Crippen molar-refractivity contribution in [3.8, 4) is 5.88 Å². The summed E-state index contributed by atoms with van der Waals surface area (Å²) in [6.45, 7) is 6.93. The second-order valence-electron chi connectivity index (χ2n) is 7.66. The van der Waals surface area contributed by atoms with Gasteiger partial charge in [-0.25, -0.2) is 14.8 Å². The molecule has 0 N–H and O–H groups in total. The molecule has 0 unspecified atom stereocenters. The van der Waals surface area contributed by atoms with Crippen LogP contribution >= 0.6 is 0 Å². The molecule has 0 bridgehead atoms. The van der Waals surface area contributed by atoms with Crippen molar-refractivity contribution in [2.24, 2.45) is 0 Å². The van der Waals surface area contributed by atoms with E-state index in [1.54, 1.807) is 6.20 Å². The molecule has 0 spiro atoms. The maximum Gasteiger partial charge on any atom is 0.410 e. The molecule has 2 heterocycles. The summed E-state index contributed by atoms with van der Waals surface area (Å²) in [6.07, 6.45) is 5.30. The highest BCUT2D eigenvalue weighted by Gasteiger charge is 2.30. The van der Waals surface area contributed by atoms with E-state index in [1.807, 2.05) is 49.9 Å². The van der Waals surface area contributed by atoms with Crippen LogP contribution in [0.5, 0.6) is 5.88 Å². The van der Waals surface area contributed by atoms with Crippen LogP contribution in [0.25, 0.3) is 11.0 Å². The number of carbonyl (C=O) groups excluding carboxylic acids is 1. The summed E-state index contributed by atoms with van der Waals surface area (Å²) in [5, 5.41) is 0. The molecule has 1 aromatic carbocycles. The number of nitrogens with zero attached hydrogens (tertiary/aromatic N) is 3. The van der Waals surface area contributed by atoms with Gasteiger partial charge in [0.25, 0.3) is 0 Å². The molecule has 1 fully saturated rings. The van der Waals surface area contributed by atoms with Crippen molar-refractivity contribution in [3.05, 3.63) is 30.5 Å². The predicted molar refractivity (Wildman–Crippen MR) is 100 cm³/mol. The van der Waals surface area contributed by atoms with E-state index >= 15 is 0 Å². The van der Waals surface area contributed by atoms with Gasteiger partial charge in [-0.05, 0) is 52.2 Å². The smallest absolute Gasteiger partial charge is 0.410 e. The molecule has 1 saturated heterocycles. The number of rotatable bonds is 4. The summed E-state index contributed by atoms with van der Waals surface area (Å²) in [5.74, 6) is 0.517. The first-order valence-electron chi connectivity index (χ1n) is 9.26. The molecule has 140 valence electrons. The van der Waals surface area contributed by atoms with Gasteiger partial charge in [-0.15, -0.1) is 0 Å². The van der Waals surface area contributed by atoms with E-state index in [-0.39, 0.29) is 12.1 Å². The van der Waals surface area contributed by atoms with Crippen molar-refractivity contribution in [3.63, 3.8) is 0 Å². The summed E-state index contributed by atoms with van der Waals surface area (Å²) in [4.78, 5) is 23.1. The topological polar surface area (TPSA) is 64.5 Å². The van der Waals surface area contributed by atoms with Crippen LogP contribution in [0, 0.1) is 0 Å². The molecular weight excluding hydrogens is 330 g/mol. The number of aromatic nitrogens is 2. The van der Waals surface area contributed by atoms with Crippen LogP contribution in [0.1, 0.15) is 46.5 Å². The Morgan fingerprint density at radius 1 is 1.23 bits per heavy atom. The van der Waals surface area contributed by atoms with E-state index in [0.29, 0.717) is 12.5 Å². The second kappa shape index (κ2) is 7.89. The van der Waals surface area contributed by atoms with Gasteiger partial charge in [0.15, 0.2) is 0 Å². The first-order chi connectivity index (χ1) is 12.4. The van der Waals surface area contributed by atoms with E-state index in [0.717, 1.165) is 43.3 Å². The number of piperidine rings is 1. The third-order valence-corrected chi connectivity index (χ3v) is 4.38. The van der Waals surface area contributed by atoms with Crippen molar-refractivity contribution >= 4 is 17.1 Å². The maximum atomic E-state index is 12.4. The molecule has 1 atom stereocenters. The van der Waals surface area contributed by atoms with Gasteiger partial charge in [0.1, 0.15) is 5.60 Å². The van der Waals surface area contributed by atoms with Gasteiger partial charge < -0.3 is 14.4 Å². The van der Waals surface area contributed by atoms with Crippen LogP contribution in [0.3, 0.4) is 0 Å². The molecule has 26 heavy (non-hydrogen) atoms. The molecule has 3 rings (SSSR count). The van der Waals surface area contributed by atoms with E-state index in [2.05, 4.69) is 9.97 Å². The summed E-state index contributed by atoms with van der Waals surface area (Å²) >= 11 is 0. The third-order valence-electron chi connectivity index (χ3n) is 4.38. The minimum Gasteiger partial charge on any atom is -0.476 e. The third kappa shape index (κ3) is 4.84. The molecule has 1 aliphatic heterocycles. The Hall–Kier alpha value is -2.37. The van der Waals surface area contributed by atoms with Gasteiger partial charge in [0.2, 0.25) is 5.88 Å². The van der Waals surface area contributed by atoms with Gasteiger partial charge in [0, 0.05) is 19.0 Å². The zero-order chi connectivity index (χ0) is 18.6. The zero-order valence-electron chi connectivity index (χ0n) is 15.8. The van der Waals surface area contributed by atoms with E-state index < -0.39 is 5.60 Å². The summed E-state index contributed by atoms with van der Waals surface area (Å²) in [6, 6.07) is 7.85. The lowest BCUT2D eigenvalue weighted by molar-refractivity contribution is 0.00738. The lowest BCUT2D eigenvalue weighted by Gasteiger charge is -2.36. The number of para-hydroxylation sites is 2. The fraction of sp³-hybridized carbons (Fsp3) is 0.550. The van der Waals surface area contributed by atoms with Gasteiger partial charge >= 0.3 is 6.09 Å². The average molecular weight is 357 g/mol. The average Bonchev–Trinajstić information content (AvgIpc) is 2.60. The summed E-state index contributed by atoms with van der Waals surface area (Å²) in [5.41, 5.74) is 1.19.